The number of carbonyl (C=O) groups excluding carboxylic acids is 1. The van der Waals surface area contributed by atoms with Crippen LogP contribution in [0.25, 0.3) is 0 Å². The molecule has 2 unspecified atom stereocenters. The zero-order valence-corrected chi connectivity index (χ0v) is 17.5. The molecule has 1 aromatic rings. The van der Waals surface area contributed by atoms with Crippen LogP contribution in [0.5, 0.6) is 0 Å². The van der Waals surface area contributed by atoms with Gasteiger partial charge >= 0.3 is 0 Å². The summed E-state index contributed by atoms with van der Waals surface area (Å²) in [5.41, 5.74) is 2.76. The van der Waals surface area contributed by atoms with Crippen molar-refractivity contribution < 1.29 is 4.79 Å². The van der Waals surface area contributed by atoms with Gasteiger partial charge in [-0.25, -0.2) is 4.99 Å². The Hall–Kier alpha value is -1.31. The average molecular weight is 456 g/mol. The minimum Gasteiger partial charge on any atom is -0.357 e. The van der Waals surface area contributed by atoms with E-state index in [1.54, 1.807) is 0 Å². The summed E-state index contributed by atoms with van der Waals surface area (Å²) in [4.78, 5) is 18.6. The Bertz CT molecular complexity index is 613. The molecule has 1 saturated heterocycles. The normalized spacial score (nSPS) is 22.3. The highest BCUT2D eigenvalue weighted by molar-refractivity contribution is 14.0. The molecule has 2 aliphatic rings. The molecule has 0 bridgehead atoms. The molecule has 0 radical (unpaired) electrons. The predicted octanol–water partition coefficient (Wildman–Crippen LogP) is 2.65. The number of likely N-dealkylation sites (tertiary alicyclic amines) is 1. The van der Waals surface area contributed by atoms with Crippen molar-refractivity contribution in [1.29, 1.82) is 0 Å². The molecule has 25 heavy (non-hydrogen) atoms. The highest BCUT2D eigenvalue weighted by Crippen LogP contribution is 2.41. The predicted molar refractivity (Wildman–Crippen MR) is 113 cm³/mol. The van der Waals surface area contributed by atoms with Crippen LogP contribution in [-0.4, -0.2) is 49.0 Å². The van der Waals surface area contributed by atoms with Gasteiger partial charge < -0.3 is 15.5 Å². The summed E-state index contributed by atoms with van der Waals surface area (Å²) in [6, 6.07) is 8.97. The minimum absolute atomic E-state index is 0. The van der Waals surface area contributed by atoms with Gasteiger partial charge in [0.25, 0.3) is 0 Å². The van der Waals surface area contributed by atoms with E-state index in [1.165, 1.54) is 11.1 Å². The number of aliphatic imine (C=N–C) groups is 1. The van der Waals surface area contributed by atoms with E-state index < -0.39 is 0 Å². The fraction of sp³-hybridized carbons (Fsp3) is 0.579. The fourth-order valence-corrected chi connectivity index (χ4v) is 3.41. The molecular weight excluding hydrogens is 427 g/mol. The van der Waals surface area contributed by atoms with Crippen molar-refractivity contribution in [3.63, 3.8) is 0 Å². The number of halogens is 1. The van der Waals surface area contributed by atoms with Gasteiger partial charge in [0.1, 0.15) is 6.54 Å². The van der Waals surface area contributed by atoms with Gasteiger partial charge in [-0.15, -0.1) is 24.0 Å². The molecule has 5 nitrogen and oxygen atoms in total. The zero-order valence-electron chi connectivity index (χ0n) is 15.1. The average Bonchev–Trinajstić information content (AvgIpc) is 3.10. The highest BCUT2D eigenvalue weighted by atomic mass is 127. The van der Waals surface area contributed by atoms with Gasteiger partial charge in [0.15, 0.2) is 5.96 Å². The van der Waals surface area contributed by atoms with Crippen LogP contribution < -0.4 is 10.6 Å². The molecule has 1 saturated carbocycles. The second-order valence-electron chi connectivity index (χ2n) is 6.73. The van der Waals surface area contributed by atoms with Gasteiger partial charge in [-0.3, -0.25) is 4.79 Å². The largest absolute Gasteiger partial charge is 0.357 e. The number of hydrogen-bond acceptors (Lipinski definition) is 2. The Kier molecular flexibility index (Phi) is 7.53. The van der Waals surface area contributed by atoms with Crippen LogP contribution in [-0.2, 0) is 4.79 Å². The van der Waals surface area contributed by atoms with Crippen LogP contribution in [0, 0.1) is 6.92 Å². The first-order chi connectivity index (χ1) is 11.7. The molecule has 1 aliphatic heterocycles. The Morgan fingerprint density at radius 3 is 2.68 bits per heavy atom. The topological polar surface area (TPSA) is 56.7 Å². The van der Waals surface area contributed by atoms with E-state index in [-0.39, 0.29) is 36.4 Å². The maximum absolute atomic E-state index is 12.1. The summed E-state index contributed by atoms with van der Waals surface area (Å²) in [6.07, 6.45) is 3.36. The molecule has 0 spiro atoms. The fourth-order valence-electron chi connectivity index (χ4n) is 3.41. The van der Waals surface area contributed by atoms with E-state index in [2.05, 4.69) is 46.8 Å². The van der Waals surface area contributed by atoms with Crippen molar-refractivity contribution in [2.75, 3.05) is 26.2 Å². The molecule has 1 aromatic carbocycles. The Morgan fingerprint density at radius 1 is 1.28 bits per heavy atom. The maximum atomic E-state index is 12.1. The monoisotopic (exact) mass is 456 g/mol. The first-order valence-corrected chi connectivity index (χ1v) is 9.07. The summed E-state index contributed by atoms with van der Waals surface area (Å²) in [7, 11) is 0. The lowest BCUT2D eigenvalue weighted by Gasteiger charge is -2.15. The van der Waals surface area contributed by atoms with E-state index in [0.29, 0.717) is 12.0 Å². The highest BCUT2D eigenvalue weighted by Gasteiger charge is 2.39. The molecule has 1 heterocycles. The van der Waals surface area contributed by atoms with Crippen LogP contribution in [0.1, 0.15) is 43.2 Å². The number of rotatable bonds is 5. The molecule has 2 N–H and O–H groups in total. The Balaban J connectivity index is 0.00000225. The van der Waals surface area contributed by atoms with Crippen LogP contribution in [0.3, 0.4) is 0 Å². The number of aryl methyl sites for hydroxylation is 1. The number of guanidine groups is 1. The number of carbonyl (C=O) groups is 1. The second kappa shape index (κ2) is 9.40. The molecule has 2 fully saturated rings. The first kappa shape index (κ1) is 20.0. The number of nitrogens with zero attached hydrogens (tertiary/aromatic N) is 2. The minimum atomic E-state index is 0. The third-order valence-corrected chi connectivity index (χ3v) is 4.88. The van der Waals surface area contributed by atoms with E-state index in [9.17, 15) is 4.79 Å². The van der Waals surface area contributed by atoms with E-state index in [1.807, 2.05) is 11.8 Å². The first-order valence-electron chi connectivity index (χ1n) is 9.07. The Labute approximate surface area is 167 Å². The second-order valence-corrected chi connectivity index (χ2v) is 6.73. The maximum Gasteiger partial charge on any atom is 0.244 e. The SMILES string of the molecule is CCNC(=NCC(=O)N1CCCC1)NC1CC1c1ccccc1C.I. The molecular formula is C19H29IN4O. The zero-order chi connectivity index (χ0) is 16.9. The van der Waals surface area contributed by atoms with Gasteiger partial charge in [0.05, 0.1) is 0 Å². The Morgan fingerprint density at radius 2 is 2.00 bits per heavy atom. The smallest absolute Gasteiger partial charge is 0.244 e. The molecule has 138 valence electrons. The summed E-state index contributed by atoms with van der Waals surface area (Å²) >= 11 is 0. The van der Waals surface area contributed by atoms with Crippen LogP contribution in [0.2, 0.25) is 0 Å². The third-order valence-electron chi connectivity index (χ3n) is 4.88. The lowest BCUT2D eigenvalue weighted by molar-refractivity contribution is -0.128. The summed E-state index contributed by atoms with van der Waals surface area (Å²) in [5, 5.41) is 6.74. The van der Waals surface area contributed by atoms with Crippen molar-refractivity contribution >= 4 is 35.8 Å². The van der Waals surface area contributed by atoms with Crippen LogP contribution in [0.15, 0.2) is 29.3 Å². The van der Waals surface area contributed by atoms with Gasteiger partial charge in [-0.05, 0) is 44.2 Å². The summed E-state index contributed by atoms with van der Waals surface area (Å²) in [6.45, 7) is 7.01. The van der Waals surface area contributed by atoms with Crippen molar-refractivity contribution in [3.05, 3.63) is 35.4 Å². The summed E-state index contributed by atoms with van der Waals surface area (Å²) < 4.78 is 0. The molecule has 0 aromatic heterocycles. The lowest BCUT2D eigenvalue weighted by Crippen LogP contribution is -2.40. The van der Waals surface area contributed by atoms with E-state index >= 15 is 0 Å². The van der Waals surface area contributed by atoms with Crippen LogP contribution >= 0.6 is 24.0 Å². The van der Waals surface area contributed by atoms with Gasteiger partial charge in [0, 0.05) is 31.6 Å². The van der Waals surface area contributed by atoms with Gasteiger partial charge in [0.2, 0.25) is 5.91 Å². The number of nitrogens with one attached hydrogen (secondary N) is 2. The molecule has 6 heteroatoms. The van der Waals surface area contributed by atoms with Crippen molar-refractivity contribution in [3.8, 4) is 0 Å². The number of hydrogen-bond donors (Lipinski definition) is 2. The summed E-state index contributed by atoms with van der Waals surface area (Å²) in [5.74, 6) is 1.44. The molecule has 2 atom stereocenters. The standard InChI is InChI=1S/C19H28N4O.HI/c1-3-20-19(21-13-18(24)23-10-6-7-11-23)22-17-12-16(17)15-9-5-4-8-14(15)2;/h4-5,8-9,16-17H,3,6-7,10-13H2,1-2H3,(H2,20,21,22);1H. The quantitative estimate of drug-likeness (QED) is 0.407. The number of amides is 1. The van der Waals surface area contributed by atoms with Gasteiger partial charge in [-0.1, -0.05) is 24.3 Å². The lowest BCUT2D eigenvalue weighted by atomic mass is 10.0. The van der Waals surface area contributed by atoms with Crippen LogP contribution in [0.4, 0.5) is 0 Å². The third kappa shape index (κ3) is 5.33. The molecule has 1 aliphatic carbocycles. The van der Waals surface area contributed by atoms with Crippen molar-refractivity contribution in [2.24, 2.45) is 4.99 Å². The van der Waals surface area contributed by atoms with Gasteiger partial charge in [-0.2, -0.15) is 0 Å². The van der Waals surface area contributed by atoms with Crippen molar-refractivity contribution in [1.82, 2.24) is 15.5 Å². The van der Waals surface area contributed by atoms with E-state index in [0.717, 1.165) is 44.9 Å². The van der Waals surface area contributed by atoms with Crippen molar-refractivity contribution in [2.45, 2.75) is 45.1 Å². The molecule has 3 rings (SSSR count). The molecule has 1 amide bonds. The van der Waals surface area contributed by atoms with E-state index in [4.69, 9.17) is 0 Å². The number of benzene rings is 1.